The molecule has 1 aromatic heterocycles. The van der Waals surface area contributed by atoms with E-state index in [4.69, 9.17) is 0 Å². The van der Waals surface area contributed by atoms with Gasteiger partial charge < -0.3 is 10.2 Å². The molecule has 1 fully saturated rings. The third kappa shape index (κ3) is 2.04. The van der Waals surface area contributed by atoms with Crippen LogP contribution in [-0.2, 0) is 4.79 Å². The van der Waals surface area contributed by atoms with E-state index in [9.17, 15) is 4.79 Å². The molecule has 1 aliphatic rings. The molecule has 0 radical (unpaired) electrons. The highest BCUT2D eigenvalue weighted by Gasteiger charge is 2.24. The second-order valence-corrected chi connectivity index (χ2v) is 4.32. The number of hydrogen-bond acceptors (Lipinski definition) is 4. The summed E-state index contributed by atoms with van der Waals surface area (Å²) in [5.74, 6) is 0.0518. The first-order chi connectivity index (χ1) is 6.75. The number of amides is 1. The van der Waals surface area contributed by atoms with Crippen LogP contribution in [0.4, 0.5) is 5.13 Å². The van der Waals surface area contributed by atoms with Gasteiger partial charge in [0.25, 0.3) is 0 Å². The van der Waals surface area contributed by atoms with E-state index in [1.165, 1.54) is 0 Å². The fourth-order valence-corrected chi connectivity index (χ4v) is 2.39. The van der Waals surface area contributed by atoms with Crippen molar-refractivity contribution in [3.63, 3.8) is 0 Å². The van der Waals surface area contributed by atoms with Crippen molar-refractivity contribution in [2.75, 3.05) is 18.0 Å². The van der Waals surface area contributed by atoms with Gasteiger partial charge in [0.15, 0.2) is 5.13 Å². The van der Waals surface area contributed by atoms with Crippen molar-refractivity contribution in [1.82, 2.24) is 10.3 Å². The number of rotatable bonds is 2. The van der Waals surface area contributed by atoms with Crippen LogP contribution in [0.25, 0.3) is 0 Å². The molecule has 1 N–H and O–H groups in total. The molecule has 0 spiro atoms. The molecule has 0 aliphatic carbocycles. The molecule has 1 aromatic rings. The van der Waals surface area contributed by atoms with E-state index in [2.05, 4.69) is 15.2 Å². The lowest BCUT2D eigenvalue weighted by Gasteiger charge is -2.14. The van der Waals surface area contributed by atoms with Crippen molar-refractivity contribution >= 4 is 22.4 Å². The smallest absolute Gasteiger partial charge is 0.217 e. The molecular formula is C9H13N3OS. The third-order valence-corrected chi connectivity index (χ3v) is 3.12. The zero-order valence-electron chi connectivity index (χ0n) is 8.06. The Morgan fingerprint density at radius 3 is 3.29 bits per heavy atom. The van der Waals surface area contributed by atoms with E-state index < -0.39 is 0 Å². The van der Waals surface area contributed by atoms with E-state index in [1.54, 1.807) is 18.3 Å². The minimum absolute atomic E-state index is 0.0518. The Bertz CT molecular complexity index is 312. The van der Waals surface area contributed by atoms with Crippen LogP contribution in [0.3, 0.4) is 0 Å². The molecule has 1 unspecified atom stereocenters. The van der Waals surface area contributed by atoms with Crippen molar-refractivity contribution in [2.24, 2.45) is 0 Å². The second-order valence-electron chi connectivity index (χ2n) is 3.45. The minimum atomic E-state index is 0.0518. The van der Waals surface area contributed by atoms with Crippen LogP contribution in [0.2, 0.25) is 0 Å². The van der Waals surface area contributed by atoms with Crippen molar-refractivity contribution in [2.45, 2.75) is 19.4 Å². The molecule has 1 saturated heterocycles. The Hall–Kier alpha value is -1.10. The summed E-state index contributed by atoms with van der Waals surface area (Å²) in [6.45, 7) is 3.43. The number of anilines is 1. The summed E-state index contributed by atoms with van der Waals surface area (Å²) in [7, 11) is 0. The maximum atomic E-state index is 10.9. The molecule has 14 heavy (non-hydrogen) atoms. The number of thiazole rings is 1. The molecule has 2 rings (SSSR count). The van der Waals surface area contributed by atoms with Gasteiger partial charge >= 0.3 is 0 Å². The zero-order chi connectivity index (χ0) is 9.97. The summed E-state index contributed by atoms with van der Waals surface area (Å²) in [6, 6.07) is 0.288. The number of hydrogen-bond donors (Lipinski definition) is 1. The monoisotopic (exact) mass is 211 g/mol. The summed E-state index contributed by atoms with van der Waals surface area (Å²) in [4.78, 5) is 17.3. The van der Waals surface area contributed by atoms with Crippen molar-refractivity contribution in [1.29, 1.82) is 0 Å². The molecule has 5 heteroatoms. The van der Waals surface area contributed by atoms with Gasteiger partial charge in [-0.3, -0.25) is 4.79 Å². The van der Waals surface area contributed by atoms with Crippen molar-refractivity contribution < 1.29 is 4.79 Å². The maximum Gasteiger partial charge on any atom is 0.217 e. The Kier molecular flexibility index (Phi) is 2.67. The average molecular weight is 211 g/mol. The van der Waals surface area contributed by atoms with Crippen LogP contribution < -0.4 is 10.2 Å². The molecule has 2 heterocycles. The van der Waals surface area contributed by atoms with E-state index >= 15 is 0 Å². The summed E-state index contributed by atoms with van der Waals surface area (Å²) in [5.41, 5.74) is 0. The van der Waals surface area contributed by atoms with Gasteiger partial charge in [-0.2, -0.15) is 0 Å². The molecule has 0 saturated carbocycles. The van der Waals surface area contributed by atoms with Gasteiger partial charge in [0.05, 0.1) is 0 Å². The average Bonchev–Trinajstić information content (AvgIpc) is 2.69. The van der Waals surface area contributed by atoms with Gasteiger partial charge in [-0.15, -0.1) is 11.3 Å². The highest BCUT2D eigenvalue weighted by molar-refractivity contribution is 7.13. The quantitative estimate of drug-likeness (QED) is 0.789. The normalized spacial score (nSPS) is 21.2. The summed E-state index contributed by atoms with van der Waals surface area (Å²) < 4.78 is 0. The van der Waals surface area contributed by atoms with Gasteiger partial charge in [0.1, 0.15) is 0 Å². The molecule has 0 bridgehead atoms. The Labute approximate surface area is 86.9 Å². The Morgan fingerprint density at radius 2 is 2.64 bits per heavy atom. The third-order valence-electron chi connectivity index (χ3n) is 2.29. The lowest BCUT2D eigenvalue weighted by molar-refractivity contribution is -0.119. The van der Waals surface area contributed by atoms with Gasteiger partial charge in [0.2, 0.25) is 5.91 Å². The van der Waals surface area contributed by atoms with Crippen molar-refractivity contribution in [3.8, 4) is 0 Å². The van der Waals surface area contributed by atoms with E-state index in [1.807, 2.05) is 11.6 Å². The first-order valence-electron chi connectivity index (χ1n) is 4.67. The predicted molar refractivity (Wildman–Crippen MR) is 56.5 cm³/mol. The van der Waals surface area contributed by atoms with Gasteiger partial charge in [-0.25, -0.2) is 4.98 Å². The predicted octanol–water partition coefficient (Wildman–Crippen LogP) is 0.858. The van der Waals surface area contributed by atoms with Crippen LogP contribution in [0.5, 0.6) is 0 Å². The standard InChI is InChI=1S/C9H13N3OS/c1-7(13)11-8-2-4-12(6-8)9-10-3-5-14-9/h3,5,8H,2,4,6H2,1H3,(H,11,13). The zero-order valence-corrected chi connectivity index (χ0v) is 8.88. The van der Waals surface area contributed by atoms with Gasteiger partial charge in [-0.05, 0) is 6.42 Å². The largest absolute Gasteiger partial charge is 0.352 e. The molecule has 1 atom stereocenters. The minimum Gasteiger partial charge on any atom is -0.352 e. The molecular weight excluding hydrogens is 198 g/mol. The van der Waals surface area contributed by atoms with E-state index in [0.29, 0.717) is 0 Å². The summed E-state index contributed by atoms with van der Waals surface area (Å²) in [6.07, 6.45) is 2.82. The van der Waals surface area contributed by atoms with Crippen LogP contribution >= 0.6 is 11.3 Å². The molecule has 0 aromatic carbocycles. The lowest BCUT2D eigenvalue weighted by Crippen LogP contribution is -2.35. The fraction of sp³-hybridized carbons (Fsp3) is 0.556. The maximum absolute atomic E-state index is 10.9. The number of nitrogens with zero attached hydrogens (tertiary/aromatic N) is 2. The van der Waals surface area contributed by atoms with Crippen LogP contribution in [0, 0.1) is 0 Å². The molecule has 1 aliphatic heterocycles. The molecule has 76 valence electrons. The highest BCUT2D eigenvalue weighted by Crippen LogP contribution is 2.22. The summed E-state index contributed by atoms with van der Waals surface area (Å²) in [5, 5.41) is 5.96. The van der Waals surface area contributed by atoms with Gasteiger partial charge in [0, 0.05) is 37.6 Å². The molecule has 1 amide bonds. The van der Waals surface area contributed by atoms with Crippen molar-refractivity contribution in [3.05, 3.63) is 11.6 Å². The van der Waals surface area contributed by atoms with Crippen LogP contribution in [0.15, 0.2) is 11.6 Å². The number of carbonyl (C=O) groups excluding carboxylic acids is 1. The number of carbonyl (C=O) groups is 1. The van der Waals surface area contributed by atoms with Crippen LogP contribution in [-0.4, -0.2) is 30.0 Å². The van der Waals surface area contributed by atoms with Gasteiger partial charge in [-0.1, -0.05) is 0 Å². The first-order valence-corrected chi connectivity index (χ1v) is 5.55. The number of aromatic nitrogens is 1. The highest BCUT2D eigenvalue weighted by atomic mass is 32.1. The SMILES string of the molecule is CC(=O)NC1CCN(c2nccs2)C1. The Morgan fingerprint density at radius 1 is 1.79 bits per heavy atom. The molecule has 4 nitrogen and oxygen atoms in total. The van der Waals surface area contributed by atoms with E-state index in [0.717, 1.165) is 24.6 Å². The topological polar surface area (TPSA) is 45.2 Å². The first kappa shape index (κ1) is 9.45. The Balaban J connectivity index is 1.92. The number of nitrogens with one attached hydrogen (secondary N) is 1. The van der Waals surface area contributed by atoms with E-state index in [-0.39, 0.29) is 11.9 Å². The lowest BCUT2D eigenvalue weighted by atomic mass is 10.3. The van der Waals surface area contributed by atoms with Crippen LogP contribution in [0.1, 0.15) is 13.3 Å². The fourth-order valence-electron chi connectivity index (χ4n) is 1.71. The second kappa shape index (κ2) is 3.96. The summed E-state index contributed by atoms with van der Waals surface area (Å²) >= 11 is 1.64.